The van der Waals surface area contributed by atoms with E-state index in [9.17, 15) is 4.79 Å². The number of rotatable bonds is 4. The van der Waals surface area contributed by atoms with Gasteiger partial charge in [0, 0.05) is 12.0 Å². The average Bonchev–Trinajstić information content (AvgIpc) is 3.07. The number of nitrogens with zero attached hydrogens (tertiary/aromatic N) is 2. The summed E-state index contributed by atoms with van der Waals surface area (Å²) in [6.07, 6.45) is 6.40. The van der Waals surface area contributed by atoms with Crippen LogP contribution in [0.5, 0.6) is 0 Å². The summed E-state index contributed by atoms with van der Waals surface area (Å²) in [6, 6.07) is 2.61. The SMILES string of the molecule is CCC(=O)C(N)C(N)C1=NN=c2cc3c(cc21)=CC=C3. The largest absolute Gasteiger partial charge is 0.321 e. The Bertz CT molecular complexity index is 761. The third-order valence-corrected chi connectivity index (χ3v) is 3.72. The van der Waals surface area contributed by atoms with Crippen molar-refractivity contribution in [3.05, 3.63) is 39.9 Å². The lowest BCUT2D eigenvalue weighted by Gasteiger charge is -2.18. The third kappa shape index (κ3) is 1.92. The van der Waals surface area contributed by atoms with E-state index in [2.05, 4.69) is 10.2 Å². The van der Waals surface area contributed by atoms with Crippen molar-refractivity contribution in [1.82, 2.24) is 0 Å². The van der Waals surface area contributed by atoms with Gasteiger partial charge in [0.15, 0.2) is 5.78 Å². The van der Waals surface area contributed by atoms with Crippen molar-refractivity contribution in [1.29, 1.82) is 0 Å². The van der Waals surface area contributed by atoms with Gasteiger partial charge >= 0.3 is 0 Å². The highest BCUT2D eigenvalue weighted by Gasteiger charge is 2.28. The summed E-state index contributed by atoms with van der Waals surface area (Å²) in [5.74, 6) is -0.0666. The summed E-state index contributed by atoms with van der Waals surface area (Å²) in [6.45, 7) is 1.78. The van der Waals surface area contributed by atoms with Crippen LogP contribution in [-0.4, -0.2) is 23.6 Å². The van der Waals surface area contributed by atoms with Gasteiger partial charge in [-0.25, -0.2) is 0 Å². The smallest absolute Gasteiger partial charge is 0.151 e. The van der Waals surface area contributed by atoms with Gasteiger partial charge in [-0.3, -0.25) is 4.79 Å². The summed E-state index contributed by atoms with van der Waals surface area (Å²) in [4.78, 5) is 11.7. The van der Waals surface area contributed by atoms with Gasteiger partial charge in [0.2, 0.25) is 0 Å². The zero-order chi connectivity index (χ0) is 14.3. The summed E-state index contributed by atoms with van der Waals surface area (Å²) in [7, 11) is 0. The van der Waals surface area contributed by atoms with Crippen molar-refractivity contribution in [3.63, 3.8) is 0 Å². The molecule has 1 heterocycles. The lowest BCUT2D eigenvalue weighted by molar-refractivity contribution is -0.120. The molecule has 0 amide bonds. The lowest BCUT2D eigenvalue weighted by Crippen LogP contribution is -2.52. The van der Waals surface area contributed by atoms with Gasteiger partial charge in [0.05, 0.1) is 23.2 Å². The second-order valence-corrected chi connectivity index (χ2v) is 4.98. The maximum Gasteiger partial charge on any atom is 0.151 e. The molecule has 3 rings (SSSR count). The van der Waals surface area contributed by atoms with Gasteiger partial charge in [0.25, 0.3) is 0 Å². The first-order valence-corrected chi connectivity index (χ1v) is 6.64. The Kier molecular flexibility index (Phi) is 3.08. The molecular formula is C15H16N4O. The van der Waals surface area contributed by atoms with Crippen molar-refractivity contribution in [2.75, 3.05) is 0 Å². The van der Waals surface area contributed by atoms with Gasteiger partial charge in [0.1, 0.15) is 0 Å². The monoisotopic (exact) mass is 268 g/mol. The maximum absolute atomic E-state index is 11.7. The van der Waals surface area contributed by atoms with Crippen molar-refractivity contribution < 1.29 is 4.79 Å². The van der Waals surface area contributed by atoms with Crippen LogP contribution in [0.25, 0.3) is 12.2 Å². The van der Waals surface area contributed by atoms with Crippen LogP contribution in [0.2, 0.25) is 0 Å². The van der Waals surface area contributed by atoms with E-state index in [-0.39, 0.29) is 5.78 Å². The Morgan fingerprint density at radius 3 is 2.85 bits per heavy atom. The normalized spacial score (nSPS) is 17.6. The Morgan fingerprint density at radius 1 is 1.30 bits per heavy atom. The van der Waals surface area contributed by atoms with E-state index >= 15 is 0 Å². The van der Waals surface area contributed by atoms with Crippen LogP contribution < -0.4 is 22.0 Å². The molecule has 0 aromatic heterocycles. The number of benzene rings is 1. The number of ketones is 1. The standard InChI is InChI=1S/C15H16N4O/c1-2-12(20)13(16)14(17)15-10-6-8-4-3-5-9(8)7-11(10)18-19-15/h3-7,13-14H,2,16-17H2,1H3. The molecule has 1 aromatic rings. The van der Waals surface area contributed by atoms with Gasteiger partial charge in [-0.15, -0.1) is 0 Å². The van der Waals surface area contributed by atoms with Gasteiger partial charge in [-0.05, 0) is 22.9 Å². The Morgan fingerprint density at radius 2 is 2.10 bits per heavy atom. The first-order valence-electron chi connectivity index (χ1n) is 6.64. The highest BCUT2D eigenvalue weighted by molar-refractivity contribution is 6.08. The van der Waals surface area contributed by atoms with Crippen LogP contribution in [0.15, 0.2) is 28.4 Å². The fourth-order valence-corrected chi connectivity index (χ4v) is 2.47. The lowest BCUT2D eigenvalue weighted by atomic mass is 9.94. The summed E-state index contributed by atoms with van der Waals surface area (Å²) < 4.78 is 0. The van der Waals surface area contributed by atoms with Crippen molar-refractivity contribution in [2.45, 2.75) is 25.4 Å². The molecule has 5 nitrogen and oxygen atoms in total. The van der Waals surface area contributed by atoms with Crippen LogP contribution >= 0.6 is 0 Å². The molecule has 2 unspecified atom stereocenters. The topological polar surface area (TPSA) is 93.8 Å². The molecule has 1 aliphatic heterocycles. The highest BCUT2D eigenvalue weighted by Crippen LogP contribution is 2.10. The van der Waals surface area contributed by atoms with Crippen molar-refractivity contribution in [3.8, 4) is 0 Å². The Labute approximate surface area is 116 Å². The average molecular weight is 268 g/mol. The first-order chi connectivity index (χ1) is 9.61. The van der Waals surface area contributed by atoms with Crippen LogP contribution in [0.1, 0.15) is 24.5 Å². The predicted molar refractivity (Wildman–Crippen MR) is 78.5 cm³/mol. The first kappa shape index (κ1) is 12.9. The predicted octanol–water partition coefficient (Wildman–Crippen LogP) is -0.535. The molecule has 0 saturated carbocycles. The van der Waals surface area contributed by atoms with E-state index in [0.717, 1.165) is 21.7 Å². The van der Waals surface area contributed by atoms with Gasteiger partial charge in [-0.2, -0.15) is 10.2 Å². The third-order valence-electron chi connectivity index (χ3n) is 3.72. The number of hydrogen-bond donors (Lipinski definition) is 2. The minimum Gasteiger partial charge on any atom is -0.321 e. The molecule has 20 heavy (non-hydrogen) atoms. The molecule has 0 radical (unpaired) electrons. The van der Waals surface area contributed by atoms with E-state index in [1.165, 1.54) is 0 Å². The van der Waals surface area contributed by atoms with Crippen LogP contribution in [0.3, 0.4) is 0 Å². The zero-order valence-corrected chi connectivity index (χ0v) is 11.2. The number of hydrogen-bond acceptors (Lipinski definition) is 5. The molecule has 2 aliphatic rings. The molecule has 0 saturated heterocycles. The molecule has 1 aromatic carbocycles. The second-order valence-electron chi connectivity index (χ2n) is 4.98. The fourth-order valence-electron chi connectivity index (χ4n) is 2.47. The molecule has 4 N–H and O–H groups in total. The van der Waals surface area contributed by atoms with E-state index in [1.807, 2.05) is 30.4 Å². The maximum atomic E-state index is 11.7. The van der Waals surface area contributed by atoms with Gasteiger partial charge < -0.3 is 11.5 Å². The van der Waals surface area contributed by atoms with E-state index in [0.29, 0.717) is 12.1 Å². The fraction of sp³-hybridized carbons (Fsp3) is 0.267. The van der Waals surface area contributed by atoms with E-state index < -0.39 is 12.1 Å². The van der Waals surface area contributed by atoms with E-state index in [4.69, 9.17) is 11.5 Å². The highest BCUT2D eigenvalue weighted by atomic mass is 16.1. The number of carbonyl (C=O) groups is 1. The summed E-state index contributed by atoms with van der Waals surface area (Å²) in [5.41, 5.74) is 14.6. The van der Waals surface area contributed by atoms with Crippen LogP contribution in [-0.2, 0) is 4.79 Å². The van der Waals surface area contributed by atoms with Crippen molar-refractivity contribution in [2.24, 2.45) is 21.7 Å². The molecular weight excluding hydrogens is 252 g/mol. The molecule has 2 atom stereocenters. The number of allylic oxidation sites excluding steroid dienone is 1. The molecule has 0 bridgehead atoms. The molecule has 1 aliphatic carbocycles. The molecule has 0 spiro atoms. The second kappa shape index (κ2) is 4.77. The van der Waals surface area contributed by atoms with Crippen LogP contribution in [0, 0.1) is 0 Å². The van der Waals surface area contributed by atoms with E-state index in [1.54, 1.807) is 6.92 Å². The quantitative estimate of drug-likeness (QED) is 0.768. The molecule has 0 fully saturated rings. The minimum absolute atomic E-state index is 0.0666. The van der Waals surface area contributed by atoms with Gasteiger partial charge in [-0.1, -0.05) is 25.2 Å². The molecule has 5 heteroatoms. The number of fused-ring (bicyclic) bond motifs is 2. The minimum atomic E-state index is -0.741. The number of nitrogens with two attached hydrogens (primary N) is 2. The number of Topliss-reactive ketones (excluding diaryl/α,β-unsaturated/α-hetero) is 1. The Balaban J connectivity index is 1.97. The summed E-state index contributed by atoms with van der Waals surface area (Å²) >= 11 is 0. The van der Waals surface area contributed by atoms with Crippen LogP contribution in [0.4, 0.5) is 0 Å². The zero-order valence-electron chi connectivity index (χ0n) is 11.2. The molecule has 102 valence electrons. The Hall–Kier alpha value is -2.11. The van der Waals surface area contributed by atoms with Crippen molar-refractivity contribution >= 4 is 23.6 Å². The number of carbonyl (C=O) groups excluding carboxylic acids is 1. The summed E-state index contributed by atoms with van der Waals surface area (Å²) in [5, 5.41) is 10.2.